The van der Waals surface area contributed by atoms with Crippen LogP contribution in [0.1, 0.15) is 12.8 Å². The molecule has 0 aliphatic carbocycles. The number of nitrogens with one attached hydrogen (secondary N) is 1. The molecule has 1 fully saturated rings. The highest BCUT2D eigenvalue weighted by Gasteiger charge is 2.39. The molecule has 2 N–H and O–H groups in total. The van der Waals surface area contributed by atoms with E-state index in [4.69, 9.17) is 5.21 Å². The molecule has 0 aromatic heterocycles. The van der Waals surface area contributed by atoms with E-state index in [1.165, 1.54) is 0 Å². The number of hydrogen-bond acceptors (Lipinski definition) is 4. The van der Waals surface area contributed by atoms with Crippen LogP contribution in [0.4, 0.5) is 0 Å². The van der Waals surface area contributed by atoms with Crippen molar-refractivity contribution in [3.8, 4) is 0 Å². The monoisotopic (exact) mass is 320 g/mol. The van der Waals surface area contributed by atoms with Crippen molar-refractivity contribution in [1.82, 2.24) is 9.79 Å². The van der Waals surface area contributed by atoms with Gasteiger partial charge in [0, 0.05) is 6.54 Å². The summed E-state index contributed by atoms with van der Waals surface area (Å²) in [5.74, 6) is -0.693. The van der Waals surface area contributed by atoms with Gasteiger partial charge in [-0.15, -0.1) is 0 Å². The molecule has 7 heteroatoms. The molecule has 6 nitrogen and oxygen atoms in total. The third-order valence-corrected chi connectivity index (χ3v) is 5.85. The Morgan fingerprint density at radius 1 is 1.18 bits per heavy atom. The second kappa shape index (κ2) is 5.68. The number of carbonyl (C=O) groups excluding carboxylic acids is 1. The van der Waals surface area contributed by atoms with Gasteiger partial charge in [0.2, 0.25) is 10.0 Å². The third-order valence-electron chi connectivity index (χ3n) is 3.94. The van der Waals surface area contributed by atoms with Crippen LogP contribution in [0, 0.1) is 0 Å². The highest BCUT2D eigenvalue weighted by molar-refractivity contribution is 7.89. The van der Waals surface area contributed by atoms with E-state index in [-0.39, 0.29) is 11.4 Å². The van der Waals surface area contributed by atoms with Crippen LogP contribution in [0.5, 0.6) is 0 Å². The first kappa shape index (κ1) is 15.0. The number of rotatable bonds is 3. The van der Waals surface area contributed by atoms with Crippen molar-refractivity contribution in [3.63, 3.8) is 0 Å². The average molecular weight is 320 g/mol. The fourth-order valence-electron chi connectivity index (χ4n) is 2.83. The molecular formula is C15H16N2O4S. The Morgan fingerprint density at radius 2 is 1.91 bits per heavy atom. The summed E-state index contributed by atoms with van der Waals surface area (Å²) >= 11 is 0. The second-order valence-electron chi connectivity index (χ2n) is 5.26. The molecule has 1 heterocycles. The lowest BCUT2D eigenvalue weighted by molar-refractivity contribution is -0.132. The smallest absolute Gasteiger partial charge is 0.261 e. The molecule has 1 aliphatic heterocycles. The van der Waals surface area contributed by atoms with Crippen LogP contribution in [0.2, 0.25) is 0 Å². The van der Waals surface area contributed by atoms with Crippen LogP contribution in [-0.2, 0) is 14.8 Å². The summed E-state index contributed by atoms with van der Waals surface area (Å²) in [5, 5.41) is 10.5. The van der Waals surface area contributed by atoms with Crippen molar-refractivity contribution in [1.29, 1.82) is 0 Å². The lowest BCUT2D eigenvalue weighted by Crippen LogP contribution is -2.44. The Labute approximate surface area is 128 Å². The molecule has 1 atom stereocenters. The molecule has 1 amide bonds. The maximum Gasteiger partial charge on any atom is 0.261 e. The Morgan fingerprint density at radius 3 is 2.64 bits per heavy atom. The van der Waals surface area contributed by atoms with Gasteiger partial charge in [-0.3, -0.25) is 10.0 Å². The lowest BCUT2D eigenvalue weighted by atomic mass is 10.1. The van der Waals surface area contributed by atoms with Gasteiger partial charge in [0.05, 0.1) is 4.90 Å². The fourth-order valence-corrected chi connectivity index (χ4v) is 4.52. The van der Waals surface area contributed by atoms with Crippen molar-refractivity contribution in [2.45, 2.75) is 23.8 Å². The van der Waals surface area contributed by atoms with Crippen LogP contribution in [0.25, 0.3) is 10.8 Å². The fraction of sp³-hybridized carbons (Fsp3) is 0.267. The van der Waals surface area contributed by atoms with Gasteiger partial charge in [0.15, 0.2) is 0 Å². The number of carbonyl (C=O) groups is 1. The molecule has 22 heavy (non-hydrogen) atoms. The minimum atomic E-state index is -3.77. The molecule has 2 aromatic carbocycles. The van der Waals surface area contributed by atoms with Crippen molar-refractivity contribution in [3.05, 3.63) is 42.5 Å². The van der Waals surface area contributed by atoms with Crippen LogP contribution in [-0.4, -0.2) is 36.4 Å². The highest BCUT2D eigenvalue weighted by Crippen LogP contribution is 2.28. The molecule has 0 bridgehead atoms. The summed E-state index contributed by atoms with van der Waals surface area (Å²) in [6, 6.07) is 11.5. The Bertz CT molecular complexity index is 819. The van der Waals surface area contributed by atoms with Gasteiger partial charge in [0.25, 0.3) is 5.91 Å². The number of benzene rings is 2. The normalized spacial score (nSPS) is 19.4. The number of hydroxylamine groups is 1. The minimum absolute atomic E-state index is 0.156. The molecule has 1 saturated heterocycles. The molecule has 1 aliphatic rings. The topological polar surface area (TPSA) is 86.7 Å². The quantitative estimate of drug-likeness (QED) is 0.663. The van der Waals surface area contributed by atoms with E-state index in [0.717, 1.165) is 15.1 Å². The predicted octanol–water partition coefficient (Wildman–Crippen LogP) is 1.50. The summed E-state index contributed by atoms with van der Waals surface area (Å²) in [4.78, 5) is 11.8. The molecular weight excluding hydrogens is 304 g/mol. The summed E-state index contributed by atoms with van der Waals surface area (Å²) in [6.07, 6.45) is 0.990. The Kier molecular flexibility index (Phi) is 3.86. The van der Waals surface area contributed by atoms with Gasteiger partial charge in [-0.25, -0.2) is 13.9 Å². The first-order valence-electron chi connectivity index (χ1n) is 6.98. The molecule has 0 spiro atoms. The zero-order valence-electron chi connectivity index (χ0n) is 11.8. The third kappa shape index (κ3) is 2.47. The lowest BCUT2D eigenvalue weighted by Gasteiger charge is -2.22. The number of amides is 1. The molecule has 116 valence electrons. The summed E-state index contributed by atoms with van der Waals surface area (Å²) in [6.45, 7) is 0.271. The predicted molar refractivity (Wildman–Crippen MR) is 80.8 cm³/mol. The summed E-state index contributed by atoms with van der Waals surface area (Å²) in [7, 11) is -3.77. The highest BCUT2D eigenvalue weighted by atomic mass is 32.2. The number of nitrogens with zero attached hydrogens (tertiary/aromatic N) is 1. The molecule has 3 rings (SSSR count). The van der Waals surface area contributed by atoms with E-state index in [2.05, 4.69) is 0 Å². The van der Waals surface area contributed by atoms with Crippen LogP contribution in [0.3, 0.4) is 0 Å². The van der Waals surface area contributed by atoms with Crippen LogP contribution < -0.4 is 5.48 Å². The molecule has 0 saturated carbocycles. The van der Waals surface area contributed by atoms with E-state index < -0.39 is 22.0 Å². The zero-order chi connectivity index (χ0) is 15.7. The van der Waals surface area contributed by atoms with Gasteiger partial charge in [-0.2, -0.15) is 4.31 Å². The maximum absolute atomic E-state index is 12.8. The van der Waals surface area contributed by atoms with Crippen molar-refractivity contribution < 1.29 is 18.4 Å². The maximum atomic E-state index is 12.8. The van der Waals surface area contributed by atoms with E-state index in [0.29, 0.717) is 12.8 Å². The zero-order valence-corrected chi connectivity index (χ0v) is 12.6. The molecule has 0 unspecified atom stereocenters. The first-order valence-corrected chi connectivity index (χ1v) is 8.42. The summed E-state index contributed by atoms with van der Waals surface area (Å²) < 4.78 is 26.7. The molecule has 0 radical (unpaired) electrons. The standard InChI is InChI=1S/C15H16N2O4S/c18-15(16-19)14-6-3-9-17(14)22(20,21)13-8-7-11-4-1-2-5-12(11)10-13/h1-2,4-5,7-8,10,14,19H,3,6,9H2,(H,16,18)/t14-/m1/s1. The van der Waals surface area contributed by atoms with E-state index in [1.807, 2.05) is 24.3 Å². The SMILES string of the molecule is O=C(NO)[C@H]1CCCN1S(=O)(=O)c1ccc2ccccc2c1. The second-order valence-corrected chi connectivity index (χ2v) is 7.15. The van der Waals surface area contributed by atoms with Gasteiger partial charge in [-0.05, 0) is 35.7 Å². The summed E-state index contributed by atoms with van der Waals surface area (Å²) in [5.41, 5.74) is 1.55. The van der Waals surface area contributed by atoms with Crippen molar-refractivity contribution in [2.24, 2.45) is 0 Å². The van der Waals surface area contributed by atoms with Crippen molar-refractivity contribution in [2.75, 3.05) is 6.54 Å². The number of sulfonamides is 1. The van der Waals surface area contributed by atoms with Crippen molar-refractivity contribution >= 4 is 26.7 Å². The first-order chi connectivity index (χ1) is 10.5. The van der Waals surface area contributed by atoms with E-state index in [1.54, 1.807) is 23.7 Å². The van der Waals surface area contributed by atoms with E-state index >= 15 is 0 Å². The molecule has 2 aromatic rings. The average Bonchev–Trinajstić information content (AvgIpc) is 3.04. The number of hydrogen-bond donors (Lipinski definition) is 2. The van der Waals surface area contributed by atoms with E-state index in [9.17, 15) is 13.2 Å². The van der Waals surface area contributed by atoms with Gasteiger partial charge in [0.1, 0.15) is 6.04 Å². The van der Waals surface area contributed by atoms with Gasteiger partial charge in [-0.1, -0.05) is 30.3 Å². The Hall–Kier alpha value is -1.96. The van der Waals surface area contributed by atoms with Gasteiger partial charge < -0.3 is 0 Å². The van der Waals surface area contributed by atoms with Crippen LogP contribution >= 0.6 is 0 Å². The van der Waals surface area contributed by atoms with Crippen LogP contribution in [0.15, 0.2) is 47.4 Å². The number of fused-ring (bicyclic) bond motifs is 1. The Balaban J connectivity index is 2.02. The minimum Gasteiger partial charge on any atom is -0.289 e. The van der Waals surface area contributed by atoms with Gasteiger partial charge >= 0.3 is 0 Å². The largest absolute Gasteiger partial charge is 0.289 e.